The quantitative estimate of drug-likeness (QED) is 0.433. The van der Waals surface area contributed by atoms with Crippen molar-refractivity contribution in [2.75, 3.05) is 19.8 Å². The van der Waals surface area contributed by atoms with Crippen LogP contribution in [0.5, 0.6) is 5.75 Å². The summed E-state index contributed by atoms with van der Waals surface area (Å²) in [5.41, 5.74) is 0.926. The zero-order valence-corrected chi connectivity index (χ0v) is 17.2. The second kappa shape index (κ2) is 8.89. The first-order valence-electron chi connectivity index (χ1n) is 10.4. The fraction of sp³-hybridized carbons (Fsp3) is 0.333. The summed E-state index contributed by atoms with van der Waals surface area (Å²) < 4.78 is 24.5. The number of ether oxygens (including phenoxy) is 2. The number of hydrogen-bond donors (Lipinski definition) is 1. The van der Waals surface area contributed by atoms with E-state index in [1.807, 2.05) is 6.92 Å². The monoisotopic (exact) mass is 425 g/mol. The minimum absolute atomic E-state index is 0.0150. The van der Waals surface area contributed by atoms with E-state index in [0.717, 1.165) is 12.8 Å². The molecule has 0 saturated carbocycles. The van der Waals surface area contributed by atoms with Gasteiger partial charge in [-0.1, -0.05) is 12.1 Å². The van der Waals surface area contributed by atoms with Crippen LogP contribution in [0.1, 0.15) is 36.9 Å². The van der Waals surface area contributed by atoms with Crippen LogP contribution in [0, 0.1) is 5.82 Å². The van der Waals surface area contributed by atoms with Crippen molar-refractivity contribution in [1.29, 1.82) is 0 Å². The fourth-order valence-electron chi connectivity index (χ4n) is 4.10. The molecule has 4 rings (SSSR count). The smallest absolute Gasteiger partial charge is 0.295 e. The van der Waals surface area contributed by atoms with Gasteiger partial charge in [-0.3, -0.25) is 9.59 Å². The predicted octanol–water partition coefficient (Wildman–Crippen LogP) is 3.83. The first-order chi connectivity index (χ1) is 15.0. The number of benzene rings is 2. The number of halogens is 1. The van der Waals surface area contributed by atoms with Gasteiger partial charge in [-0.15, -0.1) is 0 Å². The number of nitrogens with zero attached hydrogens (tertiary/aromatic N) is 1. The van der Waals surface area contributed by atoms with Crippen LogP contribution in [-0.2, 0) is 14.3 Å². The average Bonchev–Trinajstić information content (AvgIpc) is 3.37. The van der Waals surface area contributed by atoms with E-state index >= 15 is 0 Å². The van der Waals surface area contributed by atoms with Gasteiger partial charge >= 0.3 is 0 Å². The molecule has 0 aliphatic carbocycles. The fourth-order valence-corrected chi connectivity index (χ4v) is 4.10. The minimum Gasteiger partial charge on any atom is -0.507 e. The van der Waals surface area contributed by atoms with E-state index in [9.17, 15) is 19.1 Å². The normalized spacial score (nSPS) is 22.8. The highest BCUT2D eigenvalue weighted by Crippen LogP contribution is 2.40. The van der Waals surface area contributed by atoms with Gasteiger partial charge in [-0.05, 0) is 61.7 Å². The van der Waals surface area contributed by atoms with Gasteiger partial charge in [0.15, 0.2) is 0 Å². The third-order valence-corrected chi connectivity index (χ3v) is 5.59. The summed E-state index contributed by atoms with van der Waals surface area (Å²) >= 11 is 0. The van der Waals surface area contributed by atoms with Gasteiger partial charge in [0.1, 0.15) is 17.3 Å². The second-order valence-electron chi connectivity index (χ2n) is 7.60. The highest BCUT2D eigenvalue weighted by atomic mass is 19.1. The van der Waals surface area contributed by atoms with Crippen LogP contribution in [-0.4, -0.2) is 47.6 Å². The van der Waals surface area contributed by atoms with Crippen molar-refractivity contribution in [1.82, 2.24) is 4.90 Å². The molecule has 1 N–H and O–H groups in total. The lowest BCUT2D eigenvalue weighted by Crippen LogP contribution is -2.36. The maximum atomic E-state index is 13.3. The summed E-state index contributed by atoms with van der Waals surface area (Å²) in [4.78, 5) is 27.4. The molecule has 2 aromatic rings. The van der Waals surface area contributed by atoms with Crippen LogP contribution >= 0.6 is 0 Å². The molecule has 6 nitrogen and oxygen atoms in total. The zero-order chi connectivity index (χ0) is 22.0. The number of likely N-dealkylation sites (tertiary alicyclic amines) is 1. The summed E-state index contributed by atoms with van der Waals surface area (Å²) in [7, 11) is 0. The van der Waals surface area contributed by atoms with Crippen molar-refractivity contribution >= 4 is 17.4 Å². The first kappa shape index (κ1) is 21.1. The van der Waals surface area contributed by atoms with Gasteiger partial charge in [0.2, 0.25) is 0 Å². The Bertz CT molecular complexity index is 994. The highest BCUT2D eigenvalue weighted by Gasteiger charge is 2.47. The van der Waals surface area contributed by atoms with Gasteiger partial charge in [0, 0.05) is 18.7 Å². The van der Waals surface area contributed by atoms with Crippen LogP contribution in [0.25, 0.3) is 5.76 Å². The molecule has 2 saturated heterocycles. The molecule has 2 aliphatic rings. The standard InChI is InChI=1S/C24H24FNO5/c1-2-30-18-11-7-15(8-12-18)21-20(22(27)16-5-9-17(25)10-6-16)23(28)24(29)26(21)14-19-4-3-13-31-19/h5-12,19,21,27H,2-4,13-14H2,1H3/b22-20+. The molecule has 31 heavy (non-hydrogen) atoms. The van der Waals surface area contributed by atoms with E-state index in [0.29, 0.717) is 24.5 Å². The average molecular weight is 425 g/mol. The van der Waals surface area contributed by atoms with Crippen LogP contribution in [0.2, 0.25) is 0 Å². The number of carbonyl (C=O) groups excluding carboxylic acids is 2. The molecule has 0 spiro atoms. The van der Waals surface area contributed by atoms with Gasteiger partial charge in [-0.25, -0.2) is 4.39 Å². The molecular formula is C24H24FNO5. The number of amides is 1. The molecule has 2 aliphatic heterocycles. The molecule has 2 atom stereocenters. The summed E-state index contributed by atoms with van der Waals surface area (Å²) in [6.07, 6.45) is 1.55. The second-order valence-corrected chi connectivity index (χ2v) is 7.60. The summed E-state index contributed by atoms with van der Waals surface area (Å²) in [5.74, 6) is -1.57. The molecule has 2 unspecified atom stereocenters. The van der Waals surface area contributed by atoms with E-state index < -0.39 is 23.5 Å². The molecule has 0 bridgehead atoms. The van der Waals surface area contributed by atoms with Crippen molar-refractivity contribution in [2.24, 2.45) is 0 Å². The number of hydrogen-bond acceptors (Lipinski definition) is 5. The van der Waals surface area contributed by atoms with E-state index in [-0.39, 0.29) is 29.5 Å². The molecule has 162 valence electrons. The summed E-state index contributed by atoms with van der Waals surface area (Å²) in [6.45, 7) is 3.27. The number of aliphatic hydroxyl groups excluding tert-OH is 1. The third kappa shape index (κ3) is 4.18. The number of ketones is 1. The number of aliphatic hydroxyl groups is 1. The van der Waals surface area contributed by atoms with Crippen molar-refractivity contribution < 1.29 is 28.6 Å². The van der Waals surface area contributed by atoms with Crippen LogP contribution in [0.4, 0.5) is 4.39 Å². The van der Waals surface area contributed by atoms with Crippen molar-refractivity contribution in [2.45, 2.75) is 31.9 Å². The minimum atomic E-state index is -0.773. The topological polar surface area (TPSA) is 76.1 Å². The Morgan fingerprint density at radius 3 is 2.48 bits per heavy atom. The Labute approximate surface area is 179 Å². The van der Waals surface area contributed by atoms with Crippen LogP contribution in [0.3, 0.4) is 0 Å². The van der Waals surface area contributed by atoms with Crippen molar-refractivity contribution in [3.05, 3.63) is 71.0 Å². The van der Waals surface area contributed by atoms with Crippen molar-refractivity contribution in [3.63, 3.8) is 0 Å². The van der Waals surface area contributed by atoms with E-state index in [1.165, 1.54) is 29.2 Å². The lowest BCUT2D eigenvalue weighted by molar-refractivity contribution is -0.140. The summed E-state index contributed by atoms with van der Waals surface area (Å²) in [5, 5.41) is 11.0. The Morgan fingerprint density at radius 1 is 1.16 bits per heavy atom. The van der Waals surface area contributed by atoms with E-state index in [2.05, 4.69) is 0 Å². The number of Topliss-reactive ketones (excluding diaryl/α,β-unsaturated/α-hetero) is 1. The zero-order valence-electron chi connectivity index (χ0n) is 17.2. The van der Waals surface area contributed by atoms with Crippen molar-refractivity contribution in [3.8, 4) is 5.75 Å². The maximum Gasteiger partial charge on any atom is 0.295 e. The molecule has 2 aromatic carbocycles. The molecular weight excluding hydrogens is 401 g/mol. The van der Waals surface area contributed by atoms with Crippen LogP contribution < -0.4 is 4.74 Å². The SMILES string of the molecule is CCOc1ccc(C2/C(=C(\O)c3ccc(F)cc3)C(=O)C(=O)N2CC2CCCO2)cc1. The lowest BCUT2D eigenvalue weighted by Gasteiger charge is -2.27. The van der Waals surface area contributed by atoms with E-state index in [4.69, 9.17) is 9.47 Å². The molecule has 0 aromatic heterocycles. The number of rotatable bonds is 6. The first-order valence-corrected chi connectivity index (χ1v) is 10.4. The van der Waals surface area contributed by atoms with Gasteiger partial charge in [0.25, 0.3) is 11.7 Å². The van der Waals surface area contributed by atoms with Gasteiger partial charge < -0.3 is 19.5 Å². The van der Waals surface area contributed by atoms with E-state index in [1.54, 1.807) is 24.3 Å². The highest BCUT2D eigenvalue weighted by molar-refractivity contribution is 6.46. The maximum absolute atomic E-state index is 13.3. The molecule has 1 amide bonds. The predicted molar refractivity (Wildman–Crippen MR) is 112 cm³/mol. The molecule has 2 heterocycles. The number of carbonyl (C=O) groups is 2. The molecule has 2 fully saturated rings. The van der Waals surface area contributed by atoms with Gasteiger partial charge in [0.05, 0.1) is 24.3 Å². The molecule has 0 radical (unpaired) electrons. The Hall–Kier alpha value is -3.19. The lowest BCUT2D eigenvalue weighted by atomic mass is 9.95. The Kier molecular flexibility index (Phi) is 6.04. The Balaban J connectivity index is 1.78. The Morgan fingerprint density at radius 2 is 1.87 bits per heavy atom. The third-order valence-electron chi connectivity index (χ3n) is 5.59. The van der Waals surface area contributed by atoms with Crippen LogP contribution in [0.15, 0.2) is 54.1 Å². The summed E-state index contributed by atoms with van der Waals surface area (Å²) in [6, 6.07) is 11.5. The van der Waals surface area contributed by atoms with Gasteiger partial charge in [-0.2, -0.15) is 0 Å². The molecule has 7 heteroatoms. The largest absolute Gasteiger partial charge is 0.507 e.